The van der Waals surface area contributed by atoms with Gasteiger partial charge in [0.05, 0.1) is 5.92 Å². The van der Waals surface area contributed by atoms with Gasteiger partial charge in [0.1, 0.15) is 0 Å². The molecule has 90 valence electrons. The summed E-state index contributed by atoms with van der Waals surface area (Å²) in [5.74, 6) is 1.07. The molecule has 1 fully saturated rings. The molecule has 2 unspecified atom stereocenters. The zero-order chi connectivity index (χ0) is 11.5. The molecule has 0 aromatic rings. The number of carbonyl (C=O) groups excluding carboxylic acids is 1. The Labute approximate surface area is 97.7 Å². The Morgan fingerprint density at radius 3 is 2.62 bits per heavy atom. The molecule has 2 aliphatic rings. The van der Waals surface area contributed by atoms with Crippen LogP contribution in [0.3, 0.4) is 0 Å². The van der Waals surface area contributed by atoms with Gasteiger partial charge < -0.3 is 10.6 Å². The van der Waals surface area contributed by atoms with Crippen molar-refractivity contribution in [3.63, 3.8) is 0 Å². The van der Waals surface area contributed by atoms with Crippen LogP contribution in [0.25, 0.3) is 0 Å². The molecule has 2 atom stereocenters. The van der Waals surface area contributed by atoms with Crippen molar-refractivity contribution in [1.29, 1.82) is 0 Å². The Morgan fingerprint density at radius 2 is 2.19 bits per heavy atom. The number of hydrogen-bond acceptors (Lipinski definition) is 2. The van der Waals surface area contributed by atoms with Crippen LogP contribution in [0.1, 0.15) is 32.6 Å². The first-order chi connectivity index (χ1) is 7.70. The standard InChI is InChI=1S/C13H22N2O/c1-2-15(9-10-4-3-5-10)13(16)11-6-7-12(14)8-11/h6-7,10-12H,2-5,8-9,14H2,1H3. The van der Waals surface area contributed by atoms with E-state index in [0.717, 1.165) is 25.4 Å². The molecule has 3 heteroatoms. The highest BCUT2D eigenvalue weighted by molar-refractivity contribution is 5.81. The highest BCUT2D eigenvalue weighted by Crippen LogP contribution is 2.28. The van der Waals surface area contributed by atoms with Crippen molar-refractivity contribution < 1.29 is 4.79 Å². The highest BCUT2D eigenvalue weighted by Gasteiger charge is 2.29. The Balaban J connectivity index is 1.87. The lowest BCUT2D eigenvalue weighted by Crippen LogP contribution is -2.40. The van der Waals surface area contributed by atoms with Gasteiger partial charge in [-0.25, -0.2) is 0 Å². The Hall–Kier alpha value is -0.830. The molecule has 0 radical (unpaired) electrons. The molecule has 2 N–H and O–H groups in total. The Bertz CT molecular complexity index is 284. The lowest BCUT2D eigenvalue weighted by molar-refractivity contribution is -0.134. The minimum Gasteiger partial charge on any atom is -0.342 e. The molecule has 0 aromatic carbocycles. The van der Waals surface area contributed by atoms with Crippen LogP contribution in [0.15, 0.2) is 12.2 Å². The lowest BCUT2D eigenvalue weighted by Gasteiger charge is -2.33. The van der Waals surface area contributed by atoms with Gasteiger partial charge in [-0.3, -0.25) is 4.79 Å². The van der Waals surface area contributed by atoms with E-state index in [2.05, 4.69) is 6.92 Å². The summed E-state index contributed by atoms with van der Waals surface area (Å²) in [6.07, 6.45) is 8.66. The van der Waals surface area contributed by atoms with E-state index in [1.54, 1.807) is 0 Å². The van der Waals surface area contributed by atoms with Crippen LogP contribution in [0, 0.1) is 11.8 Å². The lowest BCUT2D eigenvalue weighted by atomic mass is 9.85. The van der Waals surface area contributed by atoms with Crippen LogP contribution in [0.4, 0.5) is 0 Å². The summed E-state index contributed by atoms with van der Waals surface area (Å²) in [6.45, 7) is 3.85. The van der Waals surface area contributed by atoms with E-state index in [1.165, 1.54) is 19.3 Å². The summed E-state index contributed by atoms with van der Waals surface area (Å²) >= 11 is 0. The summed E-state index contributed by atoms with van der Waals surface area (Å²) in [4.78, 5) is 14.2. The summed E-state index contributed by atoms with van der Waals surface area (Å²) in [5, 5.41) is 0. The van der Waals surface area contributed by atoms with E-state index in [0.29, 0.717) is 0 Å². The zero-order valence-corrected chi connectivity index (χ0v) is 10.1. The van der Waals surface area contributed by atoms with Gasteiger partial charge in [-0.05, 0) is 32.1 Å². The SMILES string of the molecule is CCN(CC1CCC1)C(=O)C1C=CC(N)C1. The van der Waals surface area contributed by atoms with E-state index >= 15 is 0 Å². The second-order valence-corrected chi connectivity index (χ2v) is 5.06. The zero-order valence-electron chi connectivity index (χ0n) is 10.1. The quantitative estimate of drug-likeness (QED) is 0.733. The molecule has 0 aromatic heterocycles. The minimum absolute atomic E-state index is 0.0371. The molecule has 16 heavy (non-hydrogen) atoms. The number of amides is 1. The fourth-order valence-corrected chi connectivity index (χ4v) is 2.51. The molecule has 1 amide bonds. The van der Waals surface area contributed by atoms with Gasteiger partial charge in [0, 0.05) is 19.1 Å². The number of hydrogen-bond donors (Lipinski definition) is 1. The Morgan fingerprint density at radius 1 is 1.44 bits per heavy atom. The average Bonchev–Trinajstić information content (AvgIpc) is 2.63. The monoisotopic (exact) mass is 222 g/mol. The predicted molar refractivity (Wildman–Crippen MR) is 64.8 cm³/mol. The van der Waals surface area contributed by atoms with Gasteiger partial charge in [-0.1, -0.05) is 18.6 Å². The van der Waals surface area contributed by atoms with Crippen molar-refractivity contribution in [2.24, 2.45) is 17.6 Å². The molecule has 1 saturated carbocycles. The van der Waals surface area contributed by atoms with Gasteiger partial charge in [0.25, 0.3) is 0 Å². The maximum absolute atomic E-state index is 12.2. The van der Waals surface area contributed by atoms with E-state index in [9.17, 15) is 4.79 Å². The molecule has 0 saturated heterocycles. The topological polar surface area (TPSA) is 46.3 Å². The summed E-state index contributed by atoms with van der Waals surface area (Å²) in [7, 11) is 0. The molecular weight excluding hydrogens is 200 g/mol. The Kier molecular flexibility index (Phi) is 3.64. The fourth-order valence-electron chi connectivity index (χ4n) is 2.51. The number of rotatable bonds is 4. The van der Waals surface area contributed by atoms with Crippen LogP contribution in [0.2, 0.25) is 0 Å². The van der Waals surface area contributed by atoms with Crippen molar-refractivity contribution in [1.82, 2.24) is 4.90 Å². The van der Waals surface area contributed by atoms with Crippen molar-refractivity contribution in [2.45, 2.75) is 38.6 Å². The van der Waals surface area contributed by atoms with E-state index < -0.39 is 0 Å². The fraction of sp³-hybridized carbons (Fsp3) is 0.769. The maximum atomic E-state index is 12.2. The van der Waals surface area contributed by atoms with Gasteiger partial charge >= 0.3 is 0 Å². The van der Waals surface area contributed by atoms with Crippen LogP contribution in [-0.4, -0.2) is 29.9 Å². The molecular formula is C13H22N2O. The van der Waals surface area contributed by atoms with Gasteiger partial charge in [0.15, 0.2) is 0 Å². The van der Waals surface area contributed by atoms with Crippen LogP contribution in [0.5, 0.6) is 0 Å². The third-order valence-electron chi connectivity index (χ3n) is 3.83. The summed E-state index contributed by atoms with van der Waals surface area (Å²) in [5.41, 5.74) is 5.79. The summed E-state index contributed by atoms with van der Waals surface area (Å²) < 4.78 is 0. The van der Waals surface area contributed by atoms with Gasteiger partial charge in [0.2, 0.25) is 5.91 Å². The smallest absolute Gasteiger partial charge is 0.229 e. The molecule has 0 bridgehead atoms. The first-order valence-electron chi connectivity index (χ1n) is 6.43. The molecule has 0 spiro atoms. The second kappa shape index (κ2) is 5.00. The van der Waals surface area contributed by atoms with Crippen LogP contribution < -0.4 is 5.73 Å². The third-order valence-corrected chi connectivity index (χ3v) is 3.83. The predicted octanol–water partition coefficient (Wildman–Crippen LogP) is 1.54. The first kappa shape index (κ1) is 11.6. The molecule has 0 aliphatic heterocycles. The maximum Gasteiger partial charge on any atom is 0.229 e. The highest BCUT2D eigenvalue weighted by atomic mass is 16.2. The minimum atomic E-state index is 0.0371. The third kappa shape index (κ3) is 2.46. The average molecular weight is 222 g/mol. The van der Waals surface area contributed by atoms with Crippen molar-refractivity contribution in [3.05, 3.63) is 12.2 Å². The molecule has 2 aliphatic carbocycles. The van der Waals surface area contributed by atoms with Gasteiger partial charge in [-0.15, -0.1) is 0 Å². The van der Waals surface area contributed by atoms with Crippen molar-refractivity contribution >= 4 is 5.91 Å². The van der Waals surface area contributed by atoms with E-state index in [1.807, 2.05) is 17.1 Å². The molecule has 0 heterocycles. The first-order valence-corrected chi connectivity index (χ1v) is 6.43. The van der Waals surface area contributed by atoms with Crippen LogP contribution >= 0.6 is 0 Å². The normalized spacial score (nSPS) is 29.1. The van der Waals surface area contributed by atoms with Gasteiger partial charge in [-0.2, -0.15) is 0 Å². The number of carbonyl (C=O) groups is 1. The summed E-state index contributed by atoms with van der Waals surface area (Å²) in [6, 6.07) is 0.0800. The van der Waals surface area contributed by atoms with Crippen molar-refractivity contribution in [3.8, 4) is 0 Å². The molecule has 3 nitrogen and oxygen atoms in total. The van der Waals surface area contributed by atoms with E-state index in [-0.39, 0.29) is 17.9 Å². The largest absolute Gasteiger partial charge is 0.342 e. The second-order valence-electron chi connectivity index (χ2n) is 5.06. The molecule has 2 rings (SSSR count). The van der Waals surface area contributed by atoms with E-state index in [4.69, 9.17) is 5.73 Å². The number of nitrogens with zero attached hydrogens (tertiary/aromatic N) is 1. The van der Waals surface area contributed by atoms with Crippen LogP contribution in [-0.2, 0) is 4.79 Å². The van der Waals surface area contributed by atoms with Crippen molar-refractivity contribution in [2.75, 3.05) is 13.1 Å². The number of nitrogens with two attached hydrogens (primary N) is 1.